The van der Waals surface area contributed by atoms with Crippen molar-refractivity contribution in [3.8, 4) is 0 Å². The summed E-state index contributed by atoms with van der Waals surface area (Å²) in [6.45, 7) is 4.81. The quantitative estimate of drug-likeness (QED) is 0.279. The molecule has 6 nitrogen and oxygen atoms in total. The Morgan fingerprint density at radius 1 is 0.943 bits per heavy atom. The summed E-state index contributed by atoms with van der Waals surface area (Å²) in [7, 11) is -4.06. The molecule has 35 heavy (non-hydrogen) atoms. The van der Waals surface area contributed by atoms with Crippen molar-refractivity contribution in [2.45, 2.75) is 32.2 Å². The molecule has 0 saturated carbocycles. The summed E-state index contributed by atoms with van der Waals surface area (Å²) >= 11 is 18.2. The van der Waals surface area contributed by atoms with Crippen LogP contribution >= 0.6 is 34.8 Å². The lowest BCUT2D eigenvalue weighted by molar-refractivity contribution is -0.121. The molecular formula is C25H24Cl3N3O3S. The van der Waals surface area contributed by atoms with E-state index < -0.39 is 22.5 Å². The van der Waals surface area contributed by atoms with E-state index in [9.17, 15) is 13.2 Å². The molecule has 0 bridgehead atoms. The van der Waals surface area contributed by atoms with Gasteiger partial charge in [-0.15, -0.1) is 0 Å². The van der Waals surface area contributed by atoms with Gasteiger partial charge in [-0.2, -0.15) is 9.41 Å². The molecule has 10 heteroatoms. The molecule has 0 aliphatic heterocycles. The molecule has 1 N–H and O–H groups in total. The monoisotopic (exact) mass is 551 g/mol. The predicted octanol–water partition coefficient (Wildman–Crippen LogP) is 5.91. The van der Waals surface area contributed by atoms with E-state index >= 15 is 0 Å². The summed E-state index contributed by atoms with van der Waals surface area (Å²) in [5, 5.41) is 5.03. The molecule has 3 rings (SSSR count). The first-order valence-corrected chi connectivity index (χ1v) is 13.1. The van der Waals surface area contributed by atoms with Gasteiger partial charge in [-0.1, -0.05) is 76.8 Å². The van der Waals surface area contributed by atoms with Crippen molar-refractivity contribution in [1.82, 2.24) is 9.73 Å². The Morgan fingerprint density at radius 2 is 1.60 bits per heavy atom. The molecule has 0 heterocycles. The molecule has 0 aliphatic carbocycles. The van der Waals surface area contributed by atoms with Crippen molar-refractivity contribution in [2.75, 3.05) is 6.54 Å². The number of rotatable bonds is 8. The van der Waals surface area contributed by atoms with E-state index in [-0.39, 0.29) is 16.5 Å². The van der Waals surface area contributed by atoms with Gasteiger partial charge in [0.05, 0.1) is 27.7 Å². The van der Waals surface area contributed by atoms with Crippen molar-refractivity contribution < 1.29 is 13.2 Å². The third kappa shape index (κ3) is 6.84. The number of amides is 1. The highest BCUT2D eigenvalue weighted by atomic mass is 35.5. The van der Waals surface area contributed by atoms with Crippen molar-refractivity contribution >= 4 is 56.9 Å². The standard InChI is InChI=1S/C25H24Cl3N3O3S/c1-16-10-17(2)25(18(3)11-16)35(33,34)31(14-19-8-9-22(27)23(28)12-19)15-24(32)30-29-13-20-6-4-5-7-21(20)26/h4-13H,14-15H2,1-3H3,(H,30,32)/b29-13+. The summed E-state index contributed by atoms with van der Waals surface area (Å²) < 4.78 is 28.6. The second kappa shape index (κ2) is 11.5. The average molecular weight is 553 g/mol. The fourth-order valence-corrected chi connectivity index (χ4v) is 6.02. The maximum Gasteiger partial charge on any atom is 0.255 e. The summed E-state index contributed by atoms with van der Waals surface area (Å²) in [6.07, 6.45) is 1.40. The number of sulfonamides is 1. The van der Waals surface area contributed by atoms with E-state index in [4.69, 9.17) is 34.8 Å². The fraction of sp³-hybridized carbons (Fsp3) is 0.200. The summed E-state index contributed by atoms with van der Waals surface area (Å²) in [5.41, 5.74) is 5.71. The van der Waals surface area contributed by atoms with Gasteiger partial charge in [0.15, 0.2) is 0 Å². The Bertz CT molecular complexity index is 1370. The van der Waals surface area contributed by atoms with Gasteiger partial charge in [0.2, 0.25) is 10.0 Å². The van der Waals surface area contributed by atoms with Crippen LogP contribution < -0.4 is 5.43 Å². The molecule has 0 aromatic heterocycles. The molecule has 184 valence electrons. The van der Waals surface area contributed by atoms with Crippen LogP contribution in [0.2, 0.25) is 15.1 Å². The van der Waals surface area contributed by atoms with Gasteiger partial charge in [0.25, 0.3) is 5.91 Å². The molecule has 0 radical (unpaired) electrons. The Kier molecular flexibility index (Phi) is 8.96. The van der Waals surface area contributed by atoms with Crippen molar-refractivity contribution in [1.29, 1.82) is 0 Å². The summed E-state index contributed by atoms with van der Waals surface area (Å²) in [6, 6.07) is 15.4. The minimum atomic E-state index is -4.06. The van der Waals surface area contributed by atoms with Gasteiger partial charge in [-0.3, -0.25) is 4.79 Å². The Morgan fingerprint density at radius 3 is 2.23 bits per heavy atom. The molecular weight excluding hydrogens is 529 g/mol. The molecule has 0 unspecified atom stereocenters. The topological polar surface area (TPSA) is 78.8 Å². The van der Waals surface area contributed by atoms with E-state index in [0.29, 0.717) is 32.3 Å². The van der Waals surface area contributed by atoms with Crippen LogP contribution in [0.1, 0.15) is 27.8 Å². The second-order valence-corrected chi connectivity index (χ2v) is 11.2. The van der Waals surface area contributed by atoms with Gasteiger partial charge in [0, 0.05) is 17.1 Å². The number of benzene rings is 3. The second-order valence-electron chi connectivity index (χ2n) is 8.06. The number of halogens is 3. The smallest absolute Gasteiger partial charge is 0.255 e. The van der Waals surface area contributed by atoms with Gasteiger partial charge >= 0.3 is 0 Å². The van der Waals surface area contributed by atoms with Gasteiger partial charge < -0.3 is 0 Å². The van der Waals surface area contributed by atoms with Crippen LogP contribution in [-0.2, 0) is 21.4 Å². The zero-order chi connectivity index (χ0) is 25.8. The van der Waals surface area contributed by atoms with Crippen LogP contribution in [0.4, 0.5) is 0 Å². The lowest BCUT2D eigenvalue weighted by atomic mass is 10.1. The zero-order valence-corrected chi connectivity index (χ0v) is 22.4. The summed E-state index contributed by atoms with van der Waals surface area (Å²) in [4.78, 5) is 12.9. The van der Waals surface area contributed by atoms with Crippen molar-refractivity contribution in [3.05, 3.63) is 97.5 Å². The van der Waals surface area contributed by atoms with Crippen LogP contribution in [0.5, 0.6) is 0 Å². The van der Waals surface area contributed by atoms with Crippen LogP contribution in [0, 0.1) is 20.8 Å². The van der Waals surface area contributed by atoms with Gasteiger partial charge in [0.1, 0.15) is 0 Å². The number of carbonyl (C=O) groups excluding carboxylic acids is 1. The predicted molar refractivity (Wildman–Crippen MR) is 142 cm³/mol. The van der Waals surface area contributed by atoms with E-state index in [0.717, 1.165) is 9.87 Å². The minimum Gasteiger partial charge on any atom is -0.272 e. The molecule has 0 atom stereocenters. The highest BCUT2D eigenvalue weighted by molar-refractivity contribution is 7.89. The van der Waals surface area contributed by atoms with Crippen LogP contribution in [0.3, 0.4) is 0 Å². The molecule has 0 aliphatic rings. The molecule has 1 amide bonds. The lowest BCUT2D eigenvalue weighted by Crippen LogP contribution is -2.39. The number of hydrogen-bond acceptors (Lipinski definition) is 4. The van der Waals surface area contributed by atoms with E-state index in [1.165, 1.54) is 6.21 Å². The highest BCUT2D eigenvalue weighted by Crippen LogP contribution is 2.28. The molecule has 0 fully saturated rings. The third-order valence-corrected chi connectivity index (χ3v) is 8.34. The van der Waals surface area contributed by atoms with Crippen LogP contribution in [-0.4, -0.2) is 31.4 Å². The van der Waals surface area contributed by atoms with Crippen molar-refractivity contribution in [2.24, 2.45) is 5.10 Å². The largest absolute Gasteiger partial charge is 0.272 e. The maximum absolute atomic E-state index is 13.7. The molecule has 3 aromatic rings. The SMILES string of the molecule is Cc1cc(C)c(S(=O)(=O)N(CC(=O)N/N=C/c2ccccc2Cl)Cc2ccc(Cl)c(Cl)c2)c(C)c1. The molecule has 0 saturated heterocycles. The first-order valence-electron chi connectivity index (χ1n) is 10.6. The van der Waals surface area contributed by atoms with Crippen LogP contribution in [0.25, 0.3) is 0 Å². The fourth-order valence-electron chi connectivity index (χ4n) is 3.72. The van der Waals surface area contributed by atoms with Gasteiger partial charge in [-0.25, -0.2) is 13.8 Å². The Balaban J connectivity index is 1.91. The number of hydrazone groups is 1. The first kappa shape index (κ1) is 27.2. The third-order valence-electron chi connectivity index (χ3n) is 5.16. The normalized spacial score (nSPS) is 11.9. The average Bonchev–Trinajstić information content (AvgIpc) is 2.76. The lowest BCUT2D eigenvalue weighted by Gasteiger charge is -2.24. The van der Waals surface area contributed by atoms with E-state index in [1.807, 2.05) is 6.92 Å². The van der Waals surface area contributed by atoms with Crippen LogP contribution in [0.15, 0.2) is 64.6 Å². The number of hydrogen-bond donors (Lipinski definition) is 1. The van der Waals surface area contributed by atoms with E-state index in [1.54, 1.807) is 68.4 Å². The van der Waals surface area contributed by atoms with E-state index in [2.05, 4.69) is 10.5 Å². The number of nitrogens with one attached hydrogen (secondary N) is 1. The minimum absolute atomic E-state index is 0.0897. The maximum atomic E-state index is 13.7. The Hall–Kier alpha value is -2.42. The molecule has 0 spiro atoms. The number of carbonyl (C=O) groups is 1. The summed E-state index contributed by atoms with van der Waals surface area (Å²) in [5.74, 6) is -0.612. The highest BCUT2D eigenvalue weighted by Gasteiger charge is 2.30. The first-order chi connectivity index (χ1) is 16.5. The number of aryl methyl sites for hydroxylation is 3. The zero-order valence-electron chi connectivity index (χ0n) is 19.3. The van der Waals surface area contributed by atoms with Crippen molar-refractivity contribution in [3.63, 3.8) is 0 Å². The Labute approximate surface area is 220 Å². The number of nitrogens with zero attached hydrogens (tertiary/aromatic N) is 2. The molecule has 3 aromatic carbocycles. The van der Waals surface area contributed by atoms with Gasteiger partial charge in [-0.05, 0) is 55.7 Å².